The molecule has 7 heteroatoms. The first-order valence-corrected chi connectivity index (χ1v) is 7.48. The SMILES string of the molecule is C=CCO[C@H]1OC[C@H](OC(=O)c2ccccc2)[C@H](O)[C@H]1OC(C)=O. The van der Waals surface area contributed by atoms with Crippen molar-refractivity contribution in [1.29, 1.82) is 0 Å². The molecule has 24 heavy (non-hydrogen) atoms. The fourth-order valence-electron chi connectivity index (χ4n) is 2.26. The highest BCUT2D eigenvalue weighted by Gasteiger charge is 2.44. The molecule has 0 radical (unpaired) electrons. The minimum atomic E-state index is -1.27. The molecule has 4 atom stereocenters. The second-order valence-corrected chi connectivity index (χ2v) is 5.20. The van der Waals surface area contributed by atoms with E-state index in [-0.39, 0.29) is 13.2 Å². The van der Waals surface area contributed by atoms with Crippen molar-refractivity contribution in [2.45, 2.75) is 31.5 Å². The number of carbonyl (C=O) groups is 2. The Balaban J connectivity index is 2.05. The van der Waals surface area contributed by atoms with E-state index in [1.54, 1.807) is 30.3 Å². The van der Waals surface area contributed by atoms with Crippen molar-refractivity contribution < 1.29 is 33.6 Å². The van der Waals surface area contributed by atoms with Crippen LogP contribution < -0.4 is 0 Å². The maximum absolute atomic E-state index is 12.1. The Morgan fingerprint density at radius 1 is 1.33 bits per heavy atom. The smallest absolute Gasteiger partial charge is 0.338 e. The van der Waals surface area contributed by atoms with Gasteiger partial charge in [-0.1, -0.05) is 24.3 Å². The molecule has 7 nitrogen and oxygen atoms in total. The summed E-state index contributed by atoms with van der Waals surface area (Å²) in [5.41, 5.74) is 0.346. The van der Waals surface area contributed by atoms with Gasteiger partial charge in [-0.25, -0.2) is 4.79 Å². The lowest BCUT2D eigenvalue weighted by atomic mass is 10.0. The molecule has 2 rings (SSSR count). The van der Waals surface area contributed by atoms with Crippen molar-refractivity contribution in [3.05, 3.63) is 48.6 Å². The lowest BCUT2D eigenvalue weighted by Crippen LogP contribution is -2.56. The summed E-state index contributed by atoms with van der Waals surface area (Å²) in [5.74, 6) is -1.21. The van der Waals surface area contributed by atoms with Gasteiger partial charge in [0.15, 0.2) is 18.5 Å². The van der Waals surface area contributed by atoms with Crippen LogP contribution in [0.4, 0.5) is 0 Å². The Kier molecular flexibility index (Phi) is 6.48. The molecule has 0 aromatic heterocycles. The number of hydrogen-bond donors (Lipinski definition) is 1. The first-order valence-electron chi connectivity index (χ1n) is 7.48. The van der Waals surface area contributed by atoms with Crippen molar-refractivity contribution in [2.75, 3.05) is 13.2 Å². The van der Waals surface area contributed by atoms with Gasteiger partial charge in [0.1, 0.15) is 6.10 Å². The fourth-order valence-corrected chi connectivity index (χ4v) is 2.26. The summed E-state index contributed by atoms with van der Waals surface area (Å²) >= 11 is 0. The molecule has 1 heterocycles. The van der Waals surface area contributed by atoms with E-state index in [4.69, 9.17) is 18.9 Å². The zero-order valence-corrected chi connectivity index (χ0v) is 13.3. The Morgan fingerprint density at radius 3 is 2.67 bits per heavy atom. The molecule has 0 unspecified atom stereocenters. The van der Waals surface area contributed by atoms with Crippen LogP contribution in [-0.2, 0) is 23.7 Å². The molecule has 1 aliphatic rings. The summed E-state index contributed by atoms with van der Waals surface area (Å²) in [6.45, 7) is 4.80. The molecular weight excluding hydrogens is 316 g/mol. The highest BCUT2D eigenvalue weighted by atomic mass is 16.7. The molecular formula is C17H20O7. The molecule has 0 spiro atoms. The van der Waals surface area contributed by atoms with Gasteiger partial charge < -0.3 is 24.1 Å². The van der Waals surface area contributed by atoms with Gasteiger partial charge in [0.2, 0.25) is 0 Å². The van der Waals surface area contributed by atoms with Crippen LogP contribution in [0.2, 0.25) is 0 Å². The van der Waals surface area contributed by atoms with Gasteiger partial charge in [-0.05, 0) is 12.1 Å². The van der Waals surface area contributed by atoms with Crippen molar-refractivity contribution >= 4 is 11.9 Å². The third kappa shape index (κ3) is 4.64. The summed E-state index contributed by atoms with van der Waals surface area (Å²) in [7, 11) is 0. The van der Waals surface area contributed by atoms with Gasteiger partial charge in [0, 0.05) is 6.92 Å². The normalized spacial score (nSPS) is 26.4. The predicted octanol–water partition coefficient (Wildman–Crippen LogP) is 1.06. The highest BCUT2D eigenvalue weighted by Crippen LogP contribution is 2.23. The molecule has 0 saturated carbocycles. The molecule has 0 bridgehead atoms. The number of hydrogen-bond acceptors (Lipinski definition) is 7. The van der Waals surface area contributed by atoms with E-state index in [9.17, 15) is 14.7 Å². The standard InChI is InChI=1S/C17H20O7/c1-3-9-21-17-15(23-11(2)18)14(19)13(10-22-17)24-16(20)12-7-5-4-6-8-12/h3-8,13-15,17,19H,1,9-10H2,2H3/t13-,14-,15+,17-/m0/s1. The van der Waals surface area contributed by atoms with E-state index in [2.05, 4.69) is 6.58 Å². The third-order valence-corrected chi connectivity index (χ3v) is 3.36. The Morgan fingerprint density at radius 2 is 2.04 bits per heavy atom. The molecule has 0 aliphatic carbocycles. The monoisotopic (exact) mass is 336 g/mol. The van der Waals surface area contributed by atoms with Crippen molar-refractivity contribution in [1.82, 2.24) is 0 Å². The molecule has 1 N–H and O–H groups in total. The van der Waals surface area contributed by atoms with E-state index >= 15 is 0 Å². The van der Waals surface area contributed by atoms with Crippen LogP contribution in [-0.4, -0.2) is 54.9 Å². The molecule has 1 fully saturated rings. The Hall–Kier alpha value is -2.22. The van der Waals surface area contributed by atoms with Crippen LogP contribution in [0.25, 0.3) is 0 Å². The number of esters is 2. The maximum Gasteiger partial charge on any atom is 0.338 e. The Bertz CT molecular complexity index is 572. The minimum absolute atomic E-state index is 0.0840. The van der Waals surface area contributed by atoms with E-state index in [0.29, 0.717) is 5.56 Å². The lowest BCUT2D eigenvalue weighted by Gasteiger charge is -2.38. The quantitative estimate of drug-likeness (QED) is 0.613. The Labute approximate surface area is 139 Å². The highest BCUT2D eigenvalue weighted by molar-refractivity contribution is 5.89. The van der Waals surface area contributed by atoms with Gasteiger partial charge in [-0.3, -0.25) is 4.79 Å². The van der Waals surface area contributed by atoms with Gasteiger partial charge >= 0.3 is 11.9 Å². The first-order chi connectivity index (χ1) is 11.5. The van der Waals surface area contributed by atoms with Gasteiger partial charge in [-0.15, -0.1) is 6.58 Å². The van der Waals surface area contributed by atoms with E-state index in [1.165, 1.54) is 13.0 Å². The van der Waals surface area contributed by atoms with E-state index in [0.717, 1.165) is 0 Å². The number of ether oxygens (including phenoxy) is 4. The number of rotatable bonds is 6. The second kappa shape index (κ2) is 8.58. The summed E-state index contributed by atoms with van der Waals surface area (Å²) in [5, 5.41) is 10.4. The van der Waals surface area contributed by atoms with Crippen molar-refractivity contribution in [3.8, 4) is 0 Å². The molecule has 130 valence electrons. The van der Waals surface area contributed by atoms with Gasteiger partial charge in [-0.2, -0.15) is 0 Å². The fraction of sp³-hybridized carbons (Fsp3) is 0.412. The van der Waals surface area contributed by atoms with Crippen LogP contribution >= 0.6 is 0 Å². The third-order valence-electron chi connectivity index (χ3n) is 3.36. The summed E-state index contributed by atoms with van der Waals surface area (Å²) < 4.78 is 21.1. The minimum Gasteiger partial charge on any atom is -0.454 e. The topological polar surface area (TPSA) is 91.3 Å². The number of aliphatic hydroxyl groups excluding tert-OH is 1. The lowest BCUT2D eigenvalue weighted by molar-refractivity contribution is -0.271. The van der Waals surface area contributed by atoms with Crippen LogP contribution in [0.1, 0.15) is 17.3 Å². The number of benzene rings is 1. The van der Waals surface area contributed by atoms with Gasteiger partial charge in [0.05, 0.1) is 18.8 Å². The van der Waals surface area contributed by atoms with E-state index in [1.807, 2.05) is 0 Å². The molecule has 0 amide bonds. The van der Waals surface area contributed by atoms with Crippen LogP contribution in [0, 0.1) is 0 Å². The van der Waals surface area contributed by atoms with Crippen LogP contribution in [0.15, 0.2) is 43.0 Å². The second-order valence-electron chi connectivity index (χ2n) is 5.20. The zero-order valence-electron chi connectivity index (χ0n) is 13.3. The van der Waals surface area contributed by atoms with Crippen LogP contribution in [0.3, 0.4) is 0 Å². The molecule has 1 aromatic rings. The molecule has 1 aromatic carbocycles. The molecule has 1 aliphatic heterocycles. The van der Waals surface area contributed by atoms with Crippen molar-refractivity contribution in [2.24, 2.45) is 0 Å². The summed E-state index contributed by atoms with van der Waals surface area (Å²) in [6.07, 6.45) is -2.82. The van der Waals surface area contributed by atoms with Gasteiger partial charge in [0.25, 0.3) is 0 Å². The maximum atomic E-state index is 12.1. The van der Waals surface area contributed by atoms with Crippen LogP contribution in [0.5, 0.6) is 0 Å². The number of aliphatic hydroxyl groups is 1. The average molecular weight is 336 g/mol. The largest absolute Gasteiger partial charge is 0.454 e. The predicted molar refractivity (Wildman–Crippen MR) is 83.1 cm³/mol. The summed E-state index contributed by atoms with van der Waals surface area (Å²) in [4.78, 5) is 23.4. The average Bonchev–Trinajstić information content (AvgIpc) is 2.58. The molecule has 1 saturated heterocycles. The summed E-state index contributed by atoms with van der Waals surface area (Å²) in [6, 6.07) is 8.36. The number of carbonyl (C=O) groups excluding carboxylic acids is 2. The first kappa shape index (κ1) is 18.1. The van der Waals surface area contributed by atoms with Crippen molar-refractivity contribution in [3.63, 3.8) is 0 Å². The van der Waals surface area contributed by atoms with E-state index < -0.39 is 36.5 Å². The zero-order chi connectivity index (χ0) is 17.5.